The summed E-state index contributed by atoms with van der Waals surface area (Å²) >= 11 is 12.8. The van der Waals surface area contributed by atoms with Gasteiger partial charge in [0.1, 0.15) is 28.3 Å². The lowest BCUT2D eigenvalue weighted by molar-refractivity contribution is -0.143. The minimum Gasteiger partial charge on any atom is -0.487 e. The van der Waals surface area contributed by atoms with E-state index in [0.29, 0.717) is 24.1 Å². The van der Waals surface area contributed by atoms with Crippen LogP contribution in [0.5, 0.6) is 5.75 Å². The zero-order valence-corrected chi connectivity index (χ0v) is 20.1. The number of aryl methyl sites for hydroxylation is 1. The number of hydrogen-bond acceptors (Lipinski definition) is 5. The molecule has 0 spiro atoms. The Labute approximate surface area is 201 Å². The van der Waals surface area contributed by atoms with Crippen LogP contribution in [0.15, 0.2) is 47.4 Å². The molecule has 0 aliphatic heterocycles. The Morgan fingerprint density at radius 2 is 1.88 bits per heavy atom. The first-order valence-corrected chi connectivity index (χ1v) is 12.6. The maximum atomic E-state index is 13.1. The van der Waals surface area contributed by atoms with Gasteiger partial charge in [-0.15, -0.1) is 0 Å². The third kappa shape index (κ3) is 4.66. The standard InChI is InChI=1S/C23H22Cl2N2O5S/c1-14-7-8-15-5-4-6-18(21(15)26-14)32-13-16-17(24)9-10-19(20(16)25)33(30,31)27-23(22(28)29)11-2-3-12-23/h4-10,27H,2-3,11-13H2,1H3,(H,28,29). The number of rotatable bonds is 7. The first kappa shape index (κ1) is 23.8. The number of pyridine rings is 1. The van der Waals surface area contributed by atoms with Crippen molar-refractivity contribution in [3.63, 3.8) is 0 Å². The van der Waals surface area contributed by atoms with Crippen LogP contribution in [0.25, 0.3) is 10.9 Å². The van der Waals surface area contributed by atoms with Crippen LogP contribution in [-0.2, 0) is 21.4 Å². The molecule has 10 heteroatoms. The van der Waals surface area contributed by atoms with E-state index in [0.717, 1.165) is 11.1 Å². The lowest BCUT2D eigenvalue weighted by Gasteiger charge is -2.25. The lowest BCUT2D eigenvalue weighted by Crippen LogP contribution is -2.52. The van der Waals surface area contributed by atoms with Gasteiger partial charge >= 0.3 is 5.97 Å². The highest BCUT2D eigenvalue weighted by molar-refractivity contribution is 7.89. The molecule has 0 bridgehead atoms. The van der Waals surface area contributed by atoms with Crippen LogP contribution < -0.4 is 9.46 Å². The molecule has 0 radical (unpaired) electrons. The largest absolute Gasteiger partial charge is 0.487 e. The zero-order valence-electron chi connectivity index (χ0n) is 17.8. The average Bonchev–Trinajstić information content (AvgIpc) is 3.22. The van der Waals surface area contributed by atoms with Crippen molar-refractivity contribution in [1.29, 1.82) is 0 Å². The fourth-order valence-corrected chi connectivity index (χ4v) is 6.36. The Balaban J connectivity index is 1.65. The number of nitrogens with one attached hydrogen (secondary N) is 1. The summed E-state index contributed by atoms with van der Waals surface area (Å²) in [6, 6.07) is 12.0. The Morgan fingerprint density at radius 1 is 1.15 bits per heavy atom. The Hall–Kier alpha value is -2.39. The number of hydrogen-bond donors (Lipinski definition) is 2. The molecular weight excluding hydrogens is 487 g/mol. The minimum atomic E-state index is -4.23. The summed E-state index contributed by atoms with van der Waals surface area (Å²) in [5.41, 5.74) is 0.236. The van der Waals surface area contributed by atoms with E-state index >= 15 is 0 Å². The quantitative estimate of drug-likeness (QED) is 0.459. The number of halogens is 2. The second kappa shape index (κ2) is 9.10. The van der Waals surface area contributed by atoms with Gasteiger partial charge in [0, 0.05) is 21.7 Å². The van der Waals surface area contributed by atoms with Crippen LogP contribution in [0.1, 0.15) is 36.9 Å². The molecule has 174 valence electrons. The molecule has 1 aliphatic carbocycles. The van der Waals surface area contributed by atoms with Crippen molar-refractivity contribution in [3.8, 4) is 5.75 Å². The second-order valence-corrected chi connectivity index (χ2v) is 10.5. The number of carboxylic acid groups (broad SMARTS) is 1. The molecule has 1 saturated carbocycles. The number of fused-ring (bicyclic) bond motifs is 1. The van der Waals surface area contributed by atoms with Crippen LogP contribution in [0, 0.1) is 6.92 Å². The molecule has 0 atom stereocenters. The van der Waals surface area contributed by atoms with Crippen molar-refractivity contribution in [3.05, 3.63) is 63.8 Å². The monoisotopic (exact) mass is 508 g/mol. The number of carbonyl (C=O) groups is 1. The van der Waals surface area contributed by atoms with Gasteiger partial charge in [-0.25, -0.2) is 13.4 Å². The highest BCUT2D eigenvalue weighted by atomic mass is 35.5. The van der Waals surface area contributed by atoms with Gasteiger partial charge in [-0.3, -0.25) is 4.79 Å². The molecule has 33 heavy (non-hydrogen) atoms. The third-order valence-electron chi connectivity index (χ3n) is 5.83. The van der Waals surface area contributed by atoms with Crippen LogP contribution in [0.2, 0.25) is 10.0 Å². The van der Waals surface area contributed by atoms with E-state index in [1.54, 1.807) is 6.07 Å². The van der Waals surface area contributed by atoms with Crippen molar-refractivity contribution in [2.45, 2.75) is 49.6 Å². The summed E-state index contributed by atoms with van der Waals surface area (Å²) in [5.74, 6) is -0.693. The van der Waals surface area contributed by atoms with E-state index in [2.05, 4.69) is 9.71 Å². The fourth-order valence-electron chi connectivity index (χ4n) is 4.05. The summed E-state index contributed by atoms with van der Waals surface area (Å²) in [6.45, 7) is 1.78. The predicted octanol–water partition coefficient (Wildman–Crippen LogP) is 5.10. The number of benzene rings is 2. The van der Waals surface area contributed by atoms with Gasteiger partial charge in [0.05, 0.1) is 5.02 Å². The Kier molecular flexibility index (Phi) is 6.55. The molecule has 1 fully saturated rings. The molecule has 2 N–H and O–H groups in total. The van der Waals surface area contributed by atoms with Gasteiger partial charge in [0.15, 0.2) is 0 Å². The highest BCUT2D eigenvalue weighted by Gasteiger charge is 2.45. The molecule has 0 amide bonds. The van der Waals surface area contributed by atoms with Crippen LogP contribution in [0.3, 0.4) is 0 Å². The number of aromatic nitrogens is 1. The van der Waals surface area contributed by atoms with Crippen LogP contribution in [-0.4, -0.2) is 30.0 Å². The topological polar surface area (TPSA) is 106 Å². The normalized spacial score (nSPS) is 15.6. The molecule has 2 aromatic carbocycles. The van der Waals surface area contributed by atoms with Crippen molar-refractivity contribution >= 4 is 50.1 Å². The fraction of sp³-hybridized carbons (Fsp3) is 0.304. The molecule has 0 unspecified atom stereocenters. The number of para-hydroxylation sites is 1. The van der Waals surface area contributed by atoms with E-state index in [1.165, 1.54) is 12.1 Å². The van der Waals surface area contributed by atoms with Gasteiger partial charge in [-0.05, 0) is 44.0 Å². The first-order chi connectivity index (χ1) is 15.6. The van der Waals surface area contributed by atoms with E-state index in [9.17, 15) is 18.3 Å². The van der Waals surface area contributed by atoms with Crippen LogP contribution in [0.4, 0.5) is 0 Å². The zero-order chi connectivity index (χ0) is 23.8. The summed E-state index contributed by atoms with van der Waals surface area (Å²) in [5, 5.41) is 10.7. The minimum absolute atomic E-state index is 0.0974. The average molecular weight is 509 g/mol. The number of sulfonamides is 1. The van der Waals surface area contributed by atoms with Gasteiger partial charge < -0.3 is 9.84 Å². The molecule has 3 aromatic rings. The van der Waals surface area contributed by atoms with E-state index in [-0.39, 0.29) is 40.0 Å². The highest BCUT2D eigenvalue weighted by Crippen LogP contribution is 2.36. The summed E-state index contributed by atoms with van der Waals surface area (Å²) in [7, 11) is -4.23. The summed E-state index contributed by atoms with van der Waals surface area (Å²) in [4.78, 5) is 16.1. The maximum absolute atomic E-state index is 13.1. The predicted molar refractivity (Wildman–Crippen MR) is 126 cm³/mol. The van der Waals surface area contributed by atoms with E-state index < -0.39 is 21.5 Å². The third-order valence-corrected chi connectivity index (χ3v) is 8.31. The van der Waals surface area contributed by atoms with Gasteiger partial charge in [-0.2, -0.15) is 4.72 Å². The number of carboxylic acids is 1. The number of ether oxygens (including phenoxy) is 1. The molecule has 1 aromatic heterocycles. The summed E-state index contributed by atoms with van der Waals surface area (Å²) < 4.78 is 34.5. The van der Waals surface area contributed by atoms with Crippen molar-refractivity contribution in [2.24, 2.45) is 0 Å². The van der Waals surface area contributed by atoms with Crippen molar-refractivity contribution < 1.29 is 23.1 Å². The smallest absolute Gasteiger partial charge is 0.324 e. The SMILES string of the molecule is Cc1ccc2cccc(OCc3c(Cl)ccc(S(=O)(=O)NC4(C(=O)O)CCCC4)c3Cl)c2n1. The molecule has 1 heterocycles. The first-order valence-electron chi connectivity index (χ1n) is 10.4. The van der Waals surface area contributed by atoms with Gasteiger partial charge in [0.25, 0.3) is 0 Å². The van der Waals surface area contributed by atoms with Crippen LogP contribution >= 0.6 is 23.2 Å². The van der Waals surface area contributed by atoms with Crippen molar-refractivity contribution in [1.82, 2.24) is 9.71 Å². The number of nitrogens with zero attached hydrogens (tertiary/aromatic N) is 1. The Morgan fingerprint density at radius 3 is 2.58 bits per heavy atom. The van der Waals surface area contributed by atoms with Crippen molar-refractivity contribution in [2.75, 3.05) is 0 Å². The molecule has 1 aliphatic rings. The maximum Gasteiger partial charge on any atom is 0.324 e. The van der Waals surface area contributed by atoms with E-state index in [4.69, 9.17) is 27.9 Å². The molecule has 7 nitrogen and oxygen atoms in total. The molecule has 4 rings (SSSR count). The molecule has 0 saturated heterocycles. The molecular formula is C23H22Cl2N2O5S. The second-order valence-electron chi connectivity index (χ2n) is 8.11. The van der Waals surface area contributed by atoms with Gasteiger partial charge in [-0.1, -0.05) is 54.2 Å². The Bertz CT molecular complexity index is 1340. The van der Waals surface area contributed by atoms with E-state index in [1.807, 2.05) is 31.2 Å². The number of aliphatic carboxylic acids is 1. The lowest BCUT2D eigenvalue weighted by atomic mass is 10.0. The summed E-state index contributed by atoms with van der Waals surface area (Å²) in [6.07, 6.45) is 1.69. The van der Waals surface area contributed by atoms with Gasteiger partial charge in [0.2, 0.25) is 10.0 Å².